The van der Waals surface area contributed by atoms with Gasteiger partial charge in [-0.15, -0.1) is 0 Å². The van der Waals surface area contributed by atoms with Crippen LogP contribution in [0.1, 0.15) is 5.56 Å². The van der Waals surface area contributed by atoms with Crippen molar-refractivity contribution >= 4 is 5.91 Å². The molecule has 0 spiro atoms. The number of nitrogens with two attached hydrogens (primary N) is 1. The van der Waals surface area contributed by atoms with E-state index in [1.807, 2.05) is 0 Å². The van der Waals surface area contributed by atoms with E-state index in [1.54, 1.807) is 0 Å². The van der Waals surface area contributed by atoms with Crippen LogP contribution in [0.15, 0.2) is 18.2 Å². The highest BCUT2D eigenvalue weighted by Gasteiger charge is 2.13. The first kappa shape index (κ1) is 10.6. The predicted octanol–water partition coefficient (Wildman–Crippen LogP) is 0.363. The fourth-order valence-electron chi connectivity index (χ4n) is 0.880. The molecule has 1 radical (unpaired) electrons. The predicted molar refractivity (Wildman–Crippen MR) is 45.0 cm³/mol. The zero-order valence-corrected chi connectivity index (χ0v) is 7.08. The maximum absolute atomic E-state index is 12.6. The number of rotatable bonds is 3. The largest absolute Gasteiger partial charge is 0.383 e. The standard InChI is InChI=1S/C9H8F2NO2/c10-6-2-1-5(3-7(6)11)4-8(13)9(12)14/h1-4,8,13H,(H2,12,14)/t8-/m1/s1. The Morgan fingerprint density at radius 3 is 2.57 bits per heavy atom. The SMILES string of the molecule is NC(=O)[C@H](O)[CH]c1ccc(F)c(F)c1. The fraction of sp³-hybridized carbons (Fsp3) is 0.111. The van der Waals surface area contributed by atoms with Gasteiger partial charge in [0.15, 0.2) is 11.6 Å². The second kappa shape index (κ2) is 4.15. The Balaban J connectivity index is 2.78. The number of primary amides is 1. The molecular formula is C9H8F2NO2. The van der Waals surface area contributed by atoms with E-state index in [-0.39, 0.29) is 5.56 Å². The van der Waals surface area contributed by atoms with Crippen molar-refractivity contribution in [3.8, 4) is 0 Å². The molecule has 3 nitrogen and oxygen atoms in total. The first-order chi connectivity index (χ1) is 6.50. The van der Waals surface area contributed by atoms with Crippen LogP contribution in [0, 0.1) is 18.1 Å². The van der Waals surface area contributed by atoms with Gasteiger partial charge in [-0.3, -0.25) is 4.79 Å². The molecule has 0 unspecified atom stereocenters. The molecule has 3 N–H and O–H groups in total. The van der Waals surface area contributed by atoms with Crippen molar-refractivity contribution in [3.63, 3.8) is 0 Å². The second-order valence-corrected chi connectivity index (χ2v) is 2.69. The lowest BCUT2D eigenvalue weighted by molar-refractivity contribution is -0.124. The van der Waals surface area contributed by atoms with Gasteiger partial charge in [-0.2, -0.15) is 0 Å². The molecule has 5 heteroatoms. The molecular weight excluding hydrogens is 192 g/mol. The monoisotopic (exact) mass is 200 g/mol. The van der Waals surface area contributed by atoms with Crippen molar-refractivity contribution in [2.24, 2.45) is 5.73 Å². The Labute approximate surface area is 79.2 Å². The van der Waals surface area contributed by atoms with Gasteiger partial charge in [-0.25, -0.2) is 8.78 Å². The van der Waals surface area contributed by atoms with Gasteiger partial charge in [-0.1, -0.05) is 6.07 Å². The van der Waals surface area contributed by atoms with Crippen LogP contribution in [0.2, 0.25) is 0 Å². The topological polar surface area (TPSA) is 63.3 Å². The molecule has 0 bridgehead atoms. The minimum absolute atomic E-state index is 0.190. The van der Waals surface area contributed by atoms with Crippen LogP contribution < -0.4 is 5.73 Å². The van der Waals surface area contributed by atoms with E-state index in [1.165, 1.54) is 6.07 Å². The van der Waals surface area contributed by atoms with Crippen molar-refractivity contribution in [1.82, 2.24) is 0 Å². The third-order valence-electron chi connectivity index (χ3n) is 1.59. The quantitative estimate of drug-likeness (QED) is 0.740. The summed E-state index contributed by atoms with van der Waals surface area (Å²) in [6.07, 6.45) is -0.468. The molecule has 1 aromatic carbocycles. The Bertz CT molecular complexity index is 355. The fourth-order valence-corrected chi connectivity index (χ4v) is 0.880. The highest BCUT2D eigenvalue weighted by atomic mass is 19.2. The summed E-state index contributed by atoms with van der Waals surface area (Å²) in [5.41, 5.74) is 4.95. The normalized spacial score (nSPS) is 12.5. The van der Waals surface area contributed by atoms with E-state index in [0.29, 0.717) is 0 Å². The van der Waals surface area contributed by atoms with Crippen LogP contribution in [0.4, 0.5) is 8.78 Å². The molecule has 1 rings (SSSR count). The van der Waals surface area contributed by atoms with Crippen LogP contribution in [0.3, 0.4) is 0 Å². The smallest absolute Gasteiger partial charge is 0.246 e. The zero-order chi connectivity index (χ0) is 10.7. The Hall–Kier alpha value is -1.49. The van der Waals surface area contributed by atoms with Crippen molar-refractivity contribution in [3.05, 3.63) is 41.8 Å². The molecule has 0 saturated carbocycles. The third-order valence-corrected chi connectivity index (χ3v) is 1.59. The van der Waals surface area contributed by atoms with Gasteiger partial charge in [0.1, 0.15) is 6.10 Å². The number of hydrogen-bond donors (Lipinski definition) is 2. The Kier molecular flexibility index (Phi) is 3.14. The summed E-state index contributed by atoms with van der Waals surface area (Å²) >= 11 is 0. The number of halogens is 2. The van der Waals surface area contributed by atoms with E-state index in [4.69, 9.17) is 10.8 Å². The Morgan fingerprint density at radius 1 is 1.43 bits per heavy atom. The van der Waals surface area contributed by atoms with Crippen molar-refractivity contribution in [2.45, 2.75) is 6.10 Å². The maximum Gasteiger partial charge on any atom is 0.246 e. The first-order valence-electron chi connectivity index (χ1n) is 3.78. The van der Waals surface area contributed by atoms with Crippen LogP contribution in [0.5, 0.6) is 0 Å². The van der Waals surface area contributed by atoms with Gasteiger partial charge in [0.2, 0.25) is 5.91 Å². The summed E-state index contributed by atoms with van der Waals surface area (Å²) in [7, 11) is 0. The molecule has 0 aliphatic carbocycles. The molecule has 0 saturated heterocycles. The molecule has 0 aromatic heterocycles. The van der Waals surface area contributed by atoms with Crippen LogP contribution in [-0.2, 0) is 4.79 Å². The summed E-state index contributed by atoms with van der Waals surface area (Å²) < 4.78 is 25.1. The third kappa shape index (κ3) is 2.50. The van der Waals surface area contributed by atoms with E-state index < -0.39 is 23.6 Å². The van der Waals surface area contributed by atoms with E-state index >= 15 is 0 Å². The van der Waals surface area contributed by atoms with Crippen molar-refractivity contribution in [2.75, 3.05) is 0 Å². The maximum atomic E-state index is 12.6. The average Bonchev–Trinajstić information content (AvgIpc) is 2.11. The van der Waals surface area contributed by atoms with Crippen molar-refractivity contribution < 1.29 is 18.7 Å². The first-order valence-corrected chi connectivity index (χ1v) is 3.78. The van der Waals surface area contributed by atoms with Crippen LogP contribution in [0.25, 0.3) is 0 Å². The van der Waals surface area contributed by atoms with Gasteiger partial charge in [-0.05, 0) is 17.7 Å². The molecule has 1 atom stereocenters. The molecule has 0 fully saturated rings. The average molecular weight is 200 g/mol. The van der Waals surface area contributed by atoms with Crippen molar-refractivity contribution in [1.29, 1.82) is 0 Å². The minimum atomic E-state index is -1.50. The summed E-state index contributed by atoms with van der Waals surface area (Å²) in [5, 5.41) is 8.99. The zero-order valence-electron chi connectivity index (χ0n) is 7.08. The van der Waals surface area contributed by atoms with Gasteiger partial charge < -0.3 is 10.8 Å². The van der Waals surface area contributed by atoms with E-state index in [2.05, 4.69) is 0 Å². The number of carbonyl (C=O) groups is 1. The summed E-state index contributed by atoms with van der Waals surface area (Å²) in [6, 6.07) is 2.99. The number of aliphatic hydroxyl groups excluding tert-OH is 1. The molecule has 75 valence electrons. The molecule has 0 aliphatic rings. The minimum Gasteiger partial charge on any atom is -0.383 e. The molecule has 14 heavy (non-hydrogen) atoms. The molecule has 1 amide bonds. The Morgan fingerprint density at radius 2 is 2.07 bits per heavy atom. The van der Waals surface area contributed by atoms with Gasteiger partial charge in [0.25, 0.3) is 0 Å². The summed E-state index contributed by atoms with van der Waals surface area (Å²) in [6.45, 7) is 0. The van der Waals surface area contributed by atoms with Gasteiger partial charge in [0.05, 0.1) is 0 Å². The number of benzene rings is 1. The van der Waals surface area contributed by atoms with Crippen LogP contribution in [-0.4, -0.2) is 17.1 Å². The second-order valence-electron chi connectivity index (χ2n) is 2.69. The van der Waals surface area contributed by atoms with Gasteiger partial charge in [0, 0.05) is 6.42 Å². The molecule has 1 aromatic rings. The summed E-state index contributed by atoms with van der Waals surface area (Å²) in [5.74, 6) is -2.99. The highest BCUT2D eigenvalue weighted by molar-refractivity contribution is 5.80. The van der Waals surface area contributed by atoms with E-state index in [9.17, 15) is 13.6 Å². The highest BCUT2D eigenvalue weighted by Crippen LogP contribution is 2.11. The summed E-state index contributed by atoms with van der Waals surface area (Å²) in [4.78, 5) is 10.4. The molecule has 0 heterocycles. The van der Waals surface area contributed by atoms with Gasteiger partial charge >= 0.3 is 0 Å². The lowest BCUT2D eigenvalue weighted by Crippen LogP contribution is -2.28. The lowest BCUT2D eigenvalue weighted by atomic mass is 10.1. The number of hydrogen-bond acceptors (Lipinski definition) is 2. The molecule has 0 aliphatic heterocycles. The van der Waals surface area contributed by atoms with E-state index in [0.717, 1.165) is 18.6 Å². The number of amides is 1. The van der Waals surface area contributed by atoms with Crippen LogP contribution >= 0.6 is 0 Å². The lowest BCUT2D eigenvalue weighted by Gasteiger charge is -2.05. The number of aliphatic hydroxyl groups is 1. The number of carbonyl (C=O) groups excluding carboxylic acids is 1.